The van der Waals surface area contributed by atoms with Gasteiger partial charge in [-0.2, -0.15) is 0 Å². The molecule has 5 aliphatic rings. The smallest absolute Gasteiger partial charge is 0.228 e. The number of rotatable bonds is 1. The topological polar surface area (TPSA) is 20.3 Å². The Kier molecular flexibility index (Phi) is 3.21. The van der Waals surface area contributed by atoms with Crippen molar-refractivity contribution in [3.05, 3.63) is 0 Å². The van der Waals surface area contributed by atoms with E-state index in [-0.39, 0.29) is 5.41 Å². The average molecular weight is 340 g/mol. The summed E-state index contributed by atoms with van der Waals surface area (Å²) in [7, 11) is 0. The molecule has 2 nitrogen and oxygen atoms in total. The van der Waals surface area contributed by atoms with E-state index in [2.05, 4.69) is 20.8 Å². The van der Waals surface area contributed by atoms with Crippen molar-refractivity contribution in [2.75, 3.05) is 13.1 Å². The molecule has 1 amide bonds. The SMILES string of the molecule is O=C(N1CCCCCC1)C12CC3CC(CC(Br)(C3)C1)C2. The van der Waals surface area contributed by atoms with Gasteiger partial charge < -0.3 is 4.90 Å². The van der Waals surface area contributed by atoms with Crippen LogP contribution < -0.4 is 0 Å². The number of likely N-dealkylation sites (tertiary alicyclic amines) is 1. The van der Waals surface area contributed by atoms with Crippen LogP contribution in [-0.4, -0.2) is 28.2 Å². The van der Waals surface area contributed by atoms with Crippen LogP contribution in [0.25, 0.3) is 0 Å². The van der Waals surface area contributed by atoms with E-state index in [0.29, 0.717) is 10.2 Å². The van der Waals surface area contributed by atoms with Gasteiger partial charge in [0.1, 0.15) is 0 Å². The van der Waals surface area contributed by atoms with E-state index in [1.54, 1.807) is 0 Å². The molecule has 2 unspecified atom stereocenters. The summed E-state index contributed by atoms with van der Waals surface area (Å²) in [5.41, 5.74) is 0.0118. The Labute approximate surface area is 130 Å². The average Bonchev–Trinajstić information content (AvgIpc) is 2.63. The molecule has 1 saturated heterocycles. The van der Waals surface area contributed by atoms with Gasteiger partial charge in [-0.1, -0.05) is 28.8 Å². The molecule has 20 heavy (non-hydrogen) atoms. The molecule has 3 heteroatoms. The third-order valence-corrected chi connectivity index (χ3v) is 7.26. The minimum atomic E-state index is 0.0118. The number of carbonyl (C=O) groups excluding carboxylic acids is 1. The lowest BCUT2D eigenvalue weighted by Crippen LogP contribution is -2.59. The molecule has 0 aromatic heterocycles. The zero-order chi connectivity index (χ0) is 13.8. The molecule has 0 radical (unpaired) electrons. The van der Waals surface area contributed by atoms with Crippen molar-refractivity contribution >= 4 is 21.8 Å². The Hall–Kier alpha value is -0.0500. The summed E-state index contributed by atoms with van der Waals surface area (Å²) >= 11 is 4.03. The first-order valence-electron chi connectivity index (χ1n) is 8.57. The second-order valence-corrected chi connectivity index (χ2v) is 9.78. The molecular formula is C17H26BrNO. The minimum Gasteiger partial charge on any atom is -0.342 e. The van der Waals surface area contributed by atoms with E-state index in [1.807, 2.05) is 0 Å². The number of nitrogens with zero attached hydrogens (tertiary/aromatic N) is 1. The second kappa shape index (κ2) is 4.72. The summed E-state index contributed by atoms with van der Waals surface area (Å²) in [5, 5.41) is 0. The number of amides is 1. The Balaban J connectivity index is 1.58. The van der Waals surface area contributed by atoms with Gasteiger partial charge in [-0.25, -0.2) is 0 Å². The lowest BCUT2D eigenvalue weighted by Gasteiger charge is -2.60. The summed E-state index contributed by atoms with van der Waals surface area (Å²) in [6, 6.07) is 0. The molecule has 0 aromatic rings. The van der Waals surface area contributed by atoms with Gasteiger partial charge in [-0.15, -0.1) is 0 Å². The predicted octanol–water partition coefficient (Wildman–Crippen LogP) is 4.12. The third-order valence-electron chi connectivity index (χ3n) is 6.34. The van der Waals surface area contributed by atoms with Crippen molar-refractivity contribution in [3.8, 4) is 0 Å². The van der Waals surface area contributed by atoms with Crippen molar-refractivity contribution in [1.29, 1.82) is 0 Å². The molecule has 0 N–H and O–H groups in total. The fourth-order valence-electron chi connectivity index (χ4n) is 6.01. The molecule has 4 aliphatic carbocycles. The molecule has 0 spiro atoms. The fraction of sp³-hybridized carbons (Fsp3) is 0.941. The summed E-state index contributed by atoms with van der Waals surface area (Å²) < 4.78 is 0.304. The molecule has 4 bridgehead atoms. The zero-order valence-electron chi connectivity index (χ0n) is 12.4. The van der Waals surface area contributed by atoms with Gasteiger partial charge >= 0.3 is 0 Å². The van der Waals surface area contributed by atoms with Crippen molar-refractivity contribution in [2.24, 2.45) is 17.3 Å². The molecule has 4 saturated carbocycles. The van der Waals surface area contributed by atoms with E-state index in [4.69, 9.17) is 0 Å². The molecule has 0 aromatic carbocycles. The second-order valence-electron chi connectivity index (χ2n) is 8.10. The normalized spacial score (nSPS) is 47.4. The molecule has 112 valence electrons. The van der Waals surface area contributed by atoms with Crippen molar-refractivity contribution in [3.63, 3.8) is 0 Å². The van der Waals surface area contributed by atoms with Crippen LogP contribution in [0.4, 0.5) is 0 Å². The van der Waals surface area contributed by atoms with E-state index in [9.17, 15) is 4.79 Å². The highest BCUT2D eigenvalue weighted by atomic mass is 79.9. The van der Waals surface area contributed by atoms with Crippen LogP contribution >= 0.6 is 15.9 Å². The van der Waals surface area contributed by atoms with Crippen LogP contribution in [-0.2, 0) is 4.79 Å². The van der Waals surface area contributed by atoms with Crippen LogP contribution in [0.2, 0.25) is 0 Å². The highest BCUT2D eigenvalue weighted by Crippen LogP contribution is 2.64. The quantitative estimate of drug-likeness (QED) is 0.658. The Morgan fingerprint density at radius 3 is 2.10 bits per heavy atom. The number of alkyl halides is 1. The molecule has 2 atom stereocenters. The van der Waals surface area contributed by atoms with Crippen LogP contribution in [0.1, 0.15) is 64.2 Å². The van der Waals surface area contributed by atoms with Crippen LogP contribution in [0.5, 0.6) is 0 Å². The van der Waals surface area contributed by atoms with Gasteiger partial charge in [0, 0.05) is 17.4 Å². The molecular weight excluding hydrogens is 314 g/mol. The molecule has 1 heterocycles. The predicted molar refractivity (Wildman–Crippen MR) is 83.8 cm³/mol. The summed E-state index contributed by atoms with van der Waals surface area (Å²) in [6.45, 7) is 2.04. The highest BCUT2D eigenvalue weighted by molar-refractivity contribution is 9.10. The highest BCUT2D eigenvalue weighted by Gasteiger charge is 2.60. The first kappa shape index (κ1) is 13.6. The van der Waals surface area contributed by atoms with Gasteiger partial charge in [-0.3, -0.25) is 4.79 Å². The van der Waals surface area contributed by atoms with Crippen molar-refractivity contribution in [2.45, 2.75) is 68.5 Å². The van der Waals surface area contributed by atoms with Crippen LogP contribution in [0.15, 0.2) is 0 Å². The number of halogens is 1. The minimum absolute atomic E-state index is 0.0118. The van der Waals surface area contributed by atoms with Crippen LogP contribution in [0, 0.1) is 17.3 Å². The van der Waals surface area contributed by atoms with Gasteiger partial charge in [0.25, 0.3) is 0 Å². The van der Waals surface area contributed by atoms with E-state index >= 15 is 0 Å². The van der Waals surface area contributed by atoms with Crippen LogP contribution in [0.3, 0.4) is 0 Å². The Morgan fingerprint density at radius 1 is 0.950 bits per heavy atom. The standard InChI is InChI=1S/C17H26BrNO/c18-17-10-13-7-14(11-17)9-16(8-13,12-17)15(20)19-5-3-1-2-4-6-19/h13-14H,1-12H2. The summed E-state index contributed by atoms with van der Waals surface area (Å²) in [6.07, 6.45) is 12.6. The van der Waals surface area contributed by atoms with E-state index < -0.39 is 0 Å². The first-order valence-corrected chi connectivity index (χ1v) is 9.36. The van der Waals surface area contributed by atoms with Gasteiger partial charge in [0.15, 0.2) is 0 Å². The Morgan fingerprint density at radius 2 is 1.55 bits per heavy atom. The number of hydrogen-bond acceptors (Lipinski definition) is 1. The zero-order valence-corrected chi connectivity index (χ0v) is 14.0. The number of carbonyl (C=O) groups is 1. The maximum absolute atomic E-state index is 13.3. The van der Waals surface area contributed by atoms with Gasteiger partial charge in [-0.05, 0) is 63.2 Å². The van der Waals surface area contributed by atoms with E-state index in [0.717, 1.165) is 31.3 Å². The lowest BCUT2D eigenvalue weighted by molar-refractivity contribution is -0.155. The largest absolute Gasteiger partial charge is 0.342 e. The maximum atomic E-state index is 13.3. The summed E-state index contributed by atoms with van der Waals surface area (Å²) in [5.74, 6) is 2.15. The van der Waals surface area contributed by atoms with Gasteiger partial charge in [0.2, 0.25) is 5.91 Å². The van der Waals surface area contributed by atoms with Crippen molar-refractivity contribution < 1.29 is 4.79 Å². The molecule has 1 aliphatic heterocycles. The summed E-state index contributed by atoms with van der Waals surface area (Å²) in [4.78, 5) is 15.5. The third kappa shape index (κ3) is 2.15. The van der Waals surface area contributed by atoms with E-state index in [1.165, 1.54) is 57.8 Å². The monoisotopic (exact) mass is 339 g/mol. The Bertz CT molecular complexity index is 399. The fourth-order valence-corrected chi connectivity index (χ4v) is 7.46. The first-order chi connectivity index (χ1) is 9.59. The molecule has 5 fully saturated rings. The van der Waals surface area contributed by atoms with Gasteiger partial charge in [0.05, 0.1) is 5.41 Å². The molecule has 5 rings (SSSR count). The maximum Gasteiger partial charge on any atom is 0.228 e. The lowest BCUT2D eigenvalue weighted by atomic mass is 9.49. The number of hydrogen-bond donors (Lipinski definition) is 0. The van der Waals surface area contributed by atoms with Crippen molar-refractivity contribution in [1.82, 2.24) is 4.90 Å².